The topological polar surface area (TPSA) is 78.3 Å². The lowest BCUT2D eigenvalue weighted by Crippen LogP contribution is -2.14. The summed E-state index contributed by atoms with van der Waals surface area (Å²) in [4.78, 5) is 17.4. The van der Waals surface area contributed by atoms with E-state index < -0.39 is 5.91 Å². The van der Waals surface area contributed by atoms with Crippen LogP contribution in [0.2, 0.25) is 0 Å². The van der Waals surface area contributed by atoms with Crippen LogP contribution < -0.4 is 14.8 Å². The van der Waals surface area contributed by atoms with Crippen LogP contribution in [0.1, 0.15) is 17.5 Å². The van der Waals surface area contributed by atoms with Crippen molar-refractivity contribution in [1.29, 1.82) is 0 Å². The van der Waals surface area contributed by atoms with Crippen molar-refractivity contribution in [1.82, 2.24) is 14.8 Å². The zero-order valence-electron chi connectivity index (χ0n) is 17.3. The third kappa shape index (κ3) is 4.56. The number of hydrogen-bond acceptors (Lipinski definition) is 5. The molecule has 1 amide bonds. The molecule has 7 heteroatoms. The van der Waals surface area contributed by atoms with E-state index in [1.165, 1.54) is 0 Å². The molecule has 0 unspecified atom stereocenters. The van der Waals surface area contributed by atoms with Gasteiger partial charge in [-0.05, 0) is 43.3 Å². The lowest BCUT2D eigenvalue weighted by molar-refractivity contribution is 0.101. The molecule has 156 valence electrons. The third-order valence-corrected chi connectivity index (χ3v) is 4.56. The molecule has 0 bridgehead atoms. The van der Waals surface area contributed by atoms with Gasteiger partial charge >= 0.3 is 0 Å². The van der Waals surface area contributed by atoms with Crippen LogP contribution >= 0.6 is 0 Å². The second-order valence-electron chi connectivity index (χ2n) is 6.65. The molecule has 3 aromatic carbocycles. The number of ether oxygens (including phenoxy) is 2. The average Bonchev–Trinajstić information content (AvgIpc) is 3.26. The lowest BCUT2D eigenvalue weighted by atomic mass is 10.2. The van der Waals surface area contributed by atoms with Crippen LogP contribution in [0.3, 0.4) is 0 Å². The highest BCUT2D eigenvalue weighted by atomic mass is 16.5. The molecule has 0 aliphatic rings. The summed E-state index contributed by atoms with van der Waals surface area (Å²) in [5.41, 5.74) is 2.22. The van der Waals surface area contributed by atoms with Gasteiger partial charge in [-0.15, -0.1) is 5.10 Å². The standard InChI is InChI=1S/C24H22N4O3/c1-3-31-20-14-12-19(13-15-20)28-23(17-8-5-4-6-9-17)26-22(27-28)24(29)25-18-10-7-11-21(16-18)30-2/h4-16H,3H2,1-2H3,(H,25,29). The molecule has 1 aromatic heterocycles. The molecule has 4 aromatic rings. The van der Waals surface area contributed by atoms with Crippen molar-refractivity contribution in [3.8, 4) is 28.6 Å². The fourth-order valence-corrected chi connectivity index (χ4v) is 3.10. The van der Waals surface area contributed by atoms with Gasteiger partial charge in [-0.1, -0.05) is 36.4 Å². The number of benzene rings is 3. The SMILES string of the molecule is CCOc1ccc(-n2nc(C(=O)Nc3cccc(OC)c3)nc2-c2ccccc2)cc1. The van der Waals surface area contributed by atoms with Crippen molar-refractivity contribution in [2.75, 3.05) is 19.0 Å². The summed E-state index contributed by atoms with van der Waals surface area (Å²) in [5.74, 6) is 1.64. The summed E-state index contributed by atoms with van der Waals surface area (Å²) in [7, 11) is 1.58. The normalized spacial score (nSPS) is 10.5. The molecular formula is C24H22N4O3. The van der Waals surface area contributed by atoms with Crippen LogP contribution in [-0.2, 0) is 0 Å². The second-order valence-corrected chi connectivity index (χ2v) is 6.65. The van der Waals surface area contributed by atoms with Gasteiger partial charge in [0.15, 0.2) is 5.82 Å². The predicted octanol–water partition coefficient (Wildman–Crippen LogP) is 4.59. The number of amides is 1. The Balaban J connectivity index is 1.70. The summed E-state index contributed by atoms with van der Waals surface area (Å²) in [6.07, 6.45) is 0. The highest BCUT2D eigenvalue weighted by Gasteiger charge is 2.19. The maximum Gasteiger partial charge on any atom is 0.295 e. The first-order valence-corrected chi connectivity index (χ1v) is 9.89. The minimum Gasteiger partial charge on any atom is -0.497 e. The number of rotatable bonds is 7. The Morgan fingerprint density at radius 2 is 1.74 bits per heavy atom. The molecule has 1 heterocycles. The highest BCUT2D eigenvalue weighted by molar-refractivity contribution is 6.02. The molecule has 1 N–H and O–H groups in total. The molecule has 0 fully saturated rings. The van der Waals surface area contributed by atoms with Gasteiger partial charge in [0.05, 0.1) is 19.4 Å². The number of nitrogens with zero attached hydrogens (tertiary/aromatic N) is 3. The molecule has 0 atom stereocenters. The first-order valence-electron chi connectivity index (χ1n) is 9.89. The van der Waals surface area contributed by atoms with E-state index in [0.717, 1.165) is 17.0 Å². The summed E-state index contributed by atoms with van der Waals surface area (Å²) >= 11 is 0. The lowest BCUT2D eigenvalue weighted by Gasteiger charge is -2.07. The number of methoxy groups -OCH3 is 1. The van der Waals surface area contributed by atoms with Gasteiger partial charge < -0.3 is 14.8 Å². The quantitative estimate of drug-likeness (QED) is 0.478. The van der Waals surface area contributed by atoms with Crippen LogP contribution in [0.15, 0.2) is 78.9 Å². The largest absolute Gasteiger partial charge is 0.497 e. The molecular weight excluding hydrogens is 392 g/mol. The Morgan fingerprint density at radius 1 is 0.968 bits per heavy atom. The maximum atomic E-state index is 12.9. The second kappa shape index (κ2) is 9.13. The molecule has 31 heavy (non-hydrogen) atoms. The molecule has 0 aliphatic heterocycles. The van der Waals surface area contributed by atoms with Gasteiger partial charge in [0, 0.05) is 17.3 Å². The Hall–Kier alpha value is -4.13. The van der Waals surface area contributed by atoms with Gasteiger partial charge in [-0.25, -0.2) is 9.67 Å². The van der Waals surface area contributed by atoms with Gasteiger partial charge in [-0.2, -0.15) is 0 Å². The zero-order valence-corrected chi connectivity index (χ0v) is 17.3. The van der Waals surface area contributed by atoms with Gasteiger partial charge in [-0.3, -0.25) is 4.79 Å². The monoisotopic (exact) mass is 414 g/mol. The van der Waals surface area contributed by atoms with Crippen LogP contribution in [0, 0.1) is 0 Å². The number of nitrogens with one attached hydrogen (secondary N) is 1. The van der Waals surface area contributed by atoms with E-state index in [0.29, 0.717) is 23.9 Å². The highest BCUT2D eigenvalue weighted by Crippen LogP contribution is 2.23. The summed E-state index contributed by atoms with van der Waals surface area (Å²) in [5, 5.41) is 7.32. The van der Waals surface area contributed by atoms with E-state index in [2.05, 4.69) is 15.4 Å². The van der Waals surface area contributed by atoms with Crippen molar-refractivity contribution < 1.29 is 14.3 Å². The van der Waals surface area contributed by atoms with Crippen LogP contribution in [0.4, 0.5) is 5.69 Å². The summed E-state index contributed by atoms with van der Waals surface area (Å²) < 4.78 is 12.4. The summed E-state index contributed by atoms with van der Waals surface area (Å²) in [6, 6.07) is 24.3. The van der Waals surface area contributed by atoms with Gasteiger partial charge in [0.2, 0.25) is 5.82 Å². The molecule has 0 saturated heterocycles. The van der Waals surface area contributed by atoms with E-state index in [1.54, 1.807) is 30.0 Å². The Kier molecular flexibility index (Phi) is 5.93. The Bertz CT molecular complexity index is 1170. The van der Waals surface area contributed by atoms with Crippen molar-refractivity contribution in [2.24, 2.45) is 0 Å². The van der Waals surface area contributed by atoms with Crippen molar-refractivity contribution in [3.63, 3.8) is 0 Å². The zero-order chi connectivity index (χ0) is 21.6. The predicted molar refractivity (Wildman–Crippen MR) is 119 cm³/mol. The molecule has 0 saturated carbocycles. The number of anilines is 1. The van der Waals surface area contributed by atoms with Crippen LogP contribution in [0.5, 0.6) is 11.5 Å². The van der Waals surface area contributed by atoms with Crippen molar-refractivity contribution in [2.45, 2.75) is 6.92 Å². The van der Waals surface area contributed by atoms with E-state index in [4.69, 9.17) is 9.47 Å². The fourth-order valence-electron chi connectivity index (χ4n) is 3.10. The Labute approximate surface area is 180 Å². The van der Waals surface area contributed by atoms with E-state index in [-0.39, 0.29) is 5.82 Å². The molecule has 7 nitrogen and oxygen atoms in total. The maximum absolute atomic E-state index is 12.9. The average molecular weight is 414 g/mol. The van der Waals surface area contributed by atoms with Crippen LogP contribution in [-0.4, -0.2) is 34.4 Å². The number of hydrogen-bond donors (Lipinski definition) is 1. The van der Waals surface area contributed by atoms with E-state index in [1.807, 2.05) is 67.6 Å². The molecule has 4 rings (SSSR count). The molecule has 0 aliphatic carbocycles. The van der Waals surface area contributed by atoms with Gasteiger partial charge in [0.1, 0.15) is 11.5 Å². The number of carbonyl (C=O) groups excluding carboxylic acids is 1. The number of carbonyl (C=O) groups is 1. The van der Waals surface area contributed by atoms with Gasteiger partial charge in [0.25, 0.3) is 5.91 Å². The molecule has 0 radical (unpaired) electrons. The first-order chi connectivity index (χ1) is 15.2. The fraction of sp³-hybridized carbons (Fsp3) is 0.125. The smallest absolute Gasteiger partial charge is 0.295 e. The van der Waals surface area contributed by atoms with Crippen molar-refractivity contribution in [3.05, 3.63) is 84.7 Å². The Morgan fingerprint density at radius 3 is 2.45 bits per heavy atom. The minimum atomic E-state index is -0.407. The van der Waals surface area contributed by atoms with E-state index >= 15 is 0 Å². The third-order valence-electron chi connectivity index (χ3n) is 4.56. The van der Waals surface area contributed by atoms with Crippen LogP contribution in [0.25, 0.3) is 17.1 Å². The molecule has 0 spiro atoms. The summed E-state index contributed by atoms with van der Waals surface area (Å²) in [6.45, 7) is 2.53. The first kappa shape index (κ1) is 20.2. The minimum absolute atomic E-state index is 0.0653. The van der Waals surface area contributed by atoms with E-state index in [9.17, 15) is 4.79 Å². The number of aromatic nitrogens is 3. The van der Waals surface area contributed by atoms with Crippen molar-refractivity contribution >= 4 is 11.6 Å².